The fourth-order valence-electron chi connectivity index (χ4n) is 2.78. The summed E-state index contributed by atoms with van der Waals surface area (Å²) in [6, 6.07) is 7.08. The molecule has 0 radical (unpaired) electrons. The van der Waals surface area contributed by atoms with Crippen LogP contribution in [-0.4, -0.2) is 37.6 Å². The monoisotopic (exact) mass is 289 g/mol. The predicted molar refractivity (Wildman–Crippen MR) is 78.9 cm³/mol. The highest BCUT2D eigenvalue weighted by atomic mass is 16.5. The average Bonchev–Trinajstić information content (AvgIpc) is 3.08. The third-order valence-electron chi connectivity index (χ3n) is 3.99. The number of para-hydroxylation sites is 2. The molecule has 3 rings (SSSR count). The third kappa shape index (κ3) is 2.77. The maximum Gasteiger partial charge on any atom is 0.231 e. The summed E-state index contributed by atoms with van der Waals surface area (Å²) in [5.74, 6) is -0.399. The van der Waals surface area contributed by atoms with Crippen LogP contribution in [0.1, 0.15) is 12.8 Å². The second-order valence-corrected chi connectivity index (χ2v) is 5.46. The van der Waals surface area contributed by atoms with Crippen molar-refractivity contribution in [2.75, 3.05) is 30.0 Å². The van der Waals surface area contributed by atoms with Crippen LogP contribution in [-0.2, 0) is 14.3 Å². The van der Waals surface area contributed by atoms with Gasteiger partial charge in [0.05, 0.1) is 30.5 Å². The first kappa shape index (κ1) is 14.0. The van der Waals surface area contributed by atoms with Crippen LogP contribution in [0.15, 0.2) is 24.3 Å². The minimum atomic E-state index is -0.340. The van der Waals surface area contributed by atoms with Crippen LogP contribution < -0.4 is 16.0 Å². The van der Waals surface area contributed by atoms with Crippen LogP contribution in [0.4, 0.5) is 11.4 Å². The highest BCUT2D eigenvalue weighted by Crippen LogP contribution is 2.30. The van der Waals surface area contributed by atoms with Gasteiger partial charge >= 0.3 is 0 Å². The smallest absolute Gasteiger partial charge is 0.231 e. The summed E-state index contributed by atoms with van der Waals surface area (Å²) in [7, 11) is 0. The Morgan fingerprint density at radius 2 is 2.14 bits per heavy atom. The van der Waals surface area contributed by atoms with Gasteiger partial charge < -0.3 is 20.7 Å². The molecule has 2 aliphatic rings. The molecule has 3 N–H and O–H groups in total. The molecule has 21 heavy (non-hydrogen) atoms. The summed E-state index contributed by atoms with van der Waals surface area (Å²) in [6.07, 6.45) is 1.41. The van der Waals surface area contributed by atoms with Gasteiger partial charge in [-0.3, -0.25) is 9.59 Å². The number of ether oxygens (including phenoxy) is 1. The maximum absolute atomic E-state index is 12.3. The number of carbonyl (C=O) groups is 2. The van der Waals surface area contributed by atoms with Gasteiger partial charge in [-0.1, -0.05) is 12.1 Å². The Kier molecular flexibility index (Phi) is 3.90. The van der Waals surface area contributed by atoms with Gasteiger partial charge in [0.15, 0.2) is 0 Å². The number of amides is 2. The Bertz CT molecular complexity index is 561. The molecule has 112 valence electrons. The summed E-state index contributed by atoms with van der Waals surface area (Å²) >= 11 is 0. The summed E-state index contributed by atoms with van der Waals surface area (Å²) in [5, 5.41) is 2.89. The van der Waals surface area contributed by atoms with E-state index in [0.29, 0.717) is 31.9 Å². The molecule has 2 fully saturated rings. The highest BCUT2D eigenvalue weighted by molar-refractivity contribution is 6.02. The number of hydrogen-bond donors (Lipinski definition) is 2. The number of hydrogen-bond acceptors (Lipinski definition) is 4. The highest BCUT2D eigenvalue weighted by Gasteiger charge is 2.32. The van der Waals surface area contributed by atoms with Crippen molar-refractivity contribution in [1.29, 1.82) is 0 Å². The minimum absolute atomic E-state index is 0.0950. The summed E-state index contributed by atoms with van der Waals surface area (Å²) in [4.78, 5) is 25.9. The van der Waals surface area contributed by atoms with Crippen LogP contribution in [0.5, 0.6) is 0 Å². The first-order valence-corrected chi connectivity index (χ1v) is 7.20. The molecule has 6 nitrogen and oxygen atoms in total. The second kappa shape index (κ2) is 5.83. The largest absolute Gasteiger partial charge is 0.379 e. The molecular weight excluding hydrogens is 270 g/mol. The van der Waals surface area contributed by atoms with E-state index in [9.17, 15) is 9.59 Å². The Labute approximate surface area is 123 Å². The number of rotatable bonds is 3. The molecule has 0 spiro atoms. The van der Waals surface area contributed by atoms with Gasteiger partial charge in [-0.2, -0.15) is 0 Å². The van der Waals surface area contributed by atoms with Crippen LogP contribution in [0.2, 0.25) is 0 Å². The normalized spacial score (nSPS) is 25.4. The van der Waals surface area contributed by atoms with Crippen LogP contribution in [0.25, 0.3) is 0 Å². The van der Waals surface area contributed by atoms with E-state index in [2.05, 4.69) is 5.32 Å². The van der Waals surface area contributed by atoms with E-state index in [0.717, 1.165) is 12.1 Å². The van der Waals surface area contributed by atoms with Gasteiger partial charge in [0.2, 0.25) is 11.8 Å². The van der Waals surface area contributed by atoms with E-state index in [4.69, 9.17) is 10.5 Å². The quantitative estimate of drug-likeness (QED) is 0.859. The molecule has 2 heterocycles. The van der Waals surface area contributed by atoms with E-state index in [-0.39, 0.29) is 23.8 Å². The molecule has 6 heteroatoms. The molecule has 2 unspecified atom stereocenters. The molecular formula is C15H19N3O3. The number of benzene rings is 1. The Hall–Kier alpha value is -1.92. The van der Waals surface area contributed by atoms with Gasteiger partial charge in [0.1, 0.15) is 0 Å². The second-order valence-electron chi connectivity index (χ2n) is 5.46. The standard InChI is InChI=1S/C15H19N3O3/c16-11-9-21-8-10(11)15(20)17-12-4-1-2-5-13(12)18-7-3-6-14(18)19/h1-2,4-5,10-11H,3,6-9,16H2,(H,17,20). The van der Waals surface area contributed by atoms with Gasteiger partial charge in [-0.05, 0) is 18.6 Å². The van der Waals surface area contributed by atoms with Crippen LogP contribution in [0.3, 0.4) is 0 Å². The fraction of sp³-hybridized carbons (Fsp3) is 0.467. The van der Waals surface area contributed by atoms with E-state index < -0.39 is 0 Å². The van der Waals surface area contributed by atoms with Crippen LogP contribution >= 0.6 is 0 Å². The van der Waals surface area contributed by atoms with E-state index >= 15 is 0 Å². The van der Waals surface area contributed by atoms with Crippen molar-refractivity contribution in [2.45, 2.75) is 18.9 Å². The minimum Gasteiger partial charge on any atom is -0.379 e. The topological polar surface area (TPSA) is 84.7 Å². The van der Waals surface area contributed by atoms with Crippen molar-refractivity contribution in [3.63, 3.8) is 0 Å². The number of carbonyl (C=O) groups excluding carboxylic acids is 2. The zero-order valence-electron chi connectivity index (χ0n) is 11.7. The number of anilines is 2. The molecule has 2 atom stereocenters. The summed E-state index contributed by atoms with van der Waals surface area (Å²) < 4.78 is 5.22. The lowest BCUT2D eigenvalue weighted by Crippen LogP contribution is -2.37. The SMILES string of the molecule is NC1COCC1C(=O)Nc1ccccc1N1CCCC1=O. The fourth-order valence-corrected chi connectivity index (χ4v) is 2.78. The molecule has 1 aromatic carbocycles. The lowest BCUT2D eigenvalue weighted by molar-refractivity contribution is -0.120. The van der Waals surface area contributed by atoms with Crippen molar-refractivity contribution in [2.24, 2.45) is 11.7 Å². The molecule has 1 aromatic rings. The van der Waals surface area contributed by atoms with Crippen molar-refractivity contribution in [1.82, 2.24) is 0 Å². The first-order chi connectivity index (χ1) is 10.2. The van der Waals surface area contributed by atoms with Gasteiger partial charge in [0, 0.05) is 19.0 Å². The predicted octanol–water partition coefficient (Wildman–Crippen LogP) is 0.726. The zero-order chi connectivity index (χ0) is 14.8. The number of nitrogens with zero attached hydrogens (tertiary/aromatic N) is 1. The van der Waals surface area contributed by atoms with Gasteiger partial charge in [-0.25, -0.2) is 0 Å². The zero-order valence-corrected chi connectivity index (χ0v) is 11.7. The van der Waals surface area contributed by atoms with E-state index in [1.54, 1.807) is 11.0 Å². The first-order valence-electron chi connectivity index (χ1n) is 7.20. The average molecular weight is 289 g/mol. The molecule has 2 amide bonds. The number of nitrogens with two attached hydrogens (primary N) is 1. The third-order valence-corrected chi connectivity index (χ3v) is 3.99. The Morgan fingerprint density at radius 3 is 2.81 bits per heavy atom. The molecule has 2 aliphatic heterocycles. The van der Waals surface area contributed by atoms with Crippen LogP contribution in [0, 0.1) is 5.92 Å². The van der Waals surface area contributed by atoms with Crippen molar-refractivity contribution < 1.29 is 14.3 Å². The van der Waals surface area contributed by atoms with Gasteiger partial charge in [0.25, 0.3) is 0 Å². The maximum atomic E-state index is 12.3. The van der Waals surface area contributed by atoms with E-state index in [1.165, 1.54) is 0 Å². The van der Waals surface area contributed by atoms with E-state index in [1.807, 2.05) is 18.2 Å². The Morgan fingerprint density at radius 1 is 1.33 bits per heavy atom. The lowest BCUT2D eigenvalue weighted by Gasteiger charge is -2.21. The molecule has 0 aliphatic carbocycles. The van der Waals surface area contributed by atoms with Crippen molar-refractivity contribution >= 4 is 23.2 Å². The lowest BCUT2D eigenvalue weighted by atomic mass is 10.0. The van der Waals surface area contributed by atoms with Crippen molar-refractivity contribution in [3.8, 4) is 0 Å². The molecule has 0 aromatic heterocycles. The van der Waals surface area contributed by atoms with Crippen molar-refractivity contribution in [3.05, 3.63) is 24.3 Å². The molecule has 0 saturated carbocycles. The summed E-state index contributed by atoms with van der Waals surface area (Å²) in [5.41, 5.74) is 7.27. The molecule has 2 saturated heterocycles. The number of nitrogens with one attached hydrogen (secondary N) is 1. The summed E-state index contributed by atoms with van der Waals surface area (Å²) in [6.45, 7) is 1.44. The van der Waals surface area contributed by atoms with Gasteiger partial charge in [-0.15, -0.1) is 0 Å². The Balaban J connectivity index is 1.79. The molecule has 0 bridgehead atoms.